The van der Waals surface area contributed by atoms with Crippen molar-refractivity contribution >= 4 is 36.0 Å². The number of hydrogen-bond donors (Lipinski definition) is 0. The van der Waals surface area contributed by atoms with Crippen LogP contribution >= 0.6 is 0 Å². The summed E-state index contributed by atoms with van der Waals surface area (Å²) in [4.78, 5) is 72.2. The molecule has 0 aromatic carbocycles. The van der Waals surface area contributed by atoms with E-state index in [1.54, 1.807) is 0 Å². The zero-order valence-corrected chi connectivity index (χ0v) is 9.00. The summed E-state index contributed by atoms with van der Waals surface area (Å²) >= 11 is 0. The highest BCUT2D eigenvalue weighted by Gasteiger charge is 2.52. The van der Waals surface area contributed by atoms with E-state index in [4.69, 9.17) is 0 Å². The van der Waals surface area contributed by atoms with Crippen LogP contribution in [0.25, 0.3) is 0 Å². The average molecular weight is 251 g/mol. The van der Waals surface area contributed by atoms with Gasteiger partial charge in [-0.05, 0) is 6.42 Å². The van der Waals surface area contributed by atoms with Gasteiger partial charge in [-0.1, -0.05) is 6.92 Å². The molecule has 0 radical (unpaired) electrons. The van der Waals surface area contributed by atoms with Crippen molar-refractivity contribution in [2.45, 2.75) is 13.3 Å². The number of carbonyl (C=O) groups is 3. The van der Waals surface area contributed by atoms with Crippen molar-refractivity contribution < 1.29 is 28.8 Å². The minimum absolute atomic E-state index is 0.509. The fourth-order valence-electron chi connectivity index (χ4n) is 1.14. The number of aliphatic imine (C=N–C) groups is 3. The Morgan fingerprint density at radius 2 is 1.11 bits per heavy atom. The summed E-state index contributed by atoms with van der Waals surface area (Å²) in [6.45, 7) is 1.20. The Labute approximate surface area is 99.3 Å². The van der Waals surface area contributed by atoms with Crippen molar-refractivity contribution in [1.82, 2.24) is 0 Å². The first kappa shape index (κ1) is 15.1. The minimum Gasteiger partial charge on any atom is -0.270 e. The van der Waals surface area contributed by atoms with Gasteiger partial charge in [0.2, 0.25) is 23.7 Å². The van der Waals surface area contributed by atoms with Crippen LogP contribution in [-0.2, 0) is 28.8 Å². The molecule has 0 atom stereocenters. The molecular formula is C9H5N3O6. The van der Waals surface area contributed by atoms with E-state index in [0.717, 1.165) is 18.2 Å². The van der Waals surface area contributed by atoms with Crippen molar-refractivity contribution in [3.8, 4) is 0 Å². The lowest BCUT2D eigenvalue weighted by atomic mass is 9.82. The molecule has 0 spiro atoms. The highest BCUT2D eigenvalue weighted by Crippen LogP contribution is 2.27. The van der Waals surface area contributed by atoms with Gasteiger partial charge in [-0.15, -0.1) is 15.0 Å². The topological polar surface area (TPSA) is 140 Å². The maximum Gasteiger partial charge on any atom is 0.281 e. The van der Waals surface area contributed by atoms with Gasteiger partial charge in [-0.25, -0.2) is 14.4 Å². The van der Waals surface area contributed by atoms with Gasteiger partial charge in [0.1, 0.15) is 0 Å². The van der Waals surface area contributed by atoms with Crippen LogP contribution in [0, 0.1) is 5.41 Å². The van der Waals surface area contributed by atoms with Crippen LogP contribution in [0.1, 0.15) is 13.3 Å². The molecule has 9 heteroatoms. The molecule has 0 aliphatic heterocycles. The lowest BCUT2D eigenvalue weighted by Crippen LogP contribution is -2.43. The molecule has 3 amide bonds. The Balaban J connectivity index is 6.07. The van der Waals surface area contributed by atoms with Crippen LogP contribution in [0.5, 0.6) is 0 Å². The largest absolute Gasteiger partial charge is 0.281 e. The third-order valence-corrected chi connectivity index (χ3v) is 2.07. The van der Waals surface area contributed by atoms with E-state index in [1.165, 1.54) is 6.92 Å². The molecule has 0 bridgehead atoms. The Morgan fingerprint density at radius 3 is 1.28 bits per heavy atom. The maximum atomic E-state index is 11.5. The van der Waals surface area contributed by atoms with Crippen molar-refractivity contribution in [2.75, 3.05) is 0 Å². The van der Waals surface area contributed by atoms with Crippen LogP contribution < -0.4 is 0 Å². The van der Waals surface area contributed by atoms with Crippen LogP contribution in [0.4, 0.5) is 0 Å². The third-order valence-electron chi connectivity index (χ3n) is 2.07. The van der Waals surface area contributed by atoms with Gasteiger partial charge in [0, 0.05) is 0 Å². The Bertz CT molecular complexity index is 458. The standard InChI is InChI=1S/C9H5N3O6/c1-2-9(6(16)10-3-13,7(17)11-4-14)8(18)12-5-15/h2H2,1H3. The first-order chi connectivity index (χ1) is 8.50. The molecule has 0 saturated heterocycles. The molecule has 0 saturated carbocycles. The van der Waals surface area contributed by atoms with Crippen LogP contribution in [0.3, 0.4) is 0 Å². The van der Waals surface area contributed by atoms with Gasteiger partial charge in [-0.2, -0.15) is 0 Å². The van der Waals surface area contributed by atoms with Gasteiger partial charge in [0.25, 0.3) is 17.7 Å². The van der Waals surface area contributed by atoms with Gasteiger partial charge in [-0.3, -0.25) is 14.4 Å². The van der Waals surface area contributed by atoms with E-state index in [1.807, 2.05) is 0 Å². The van der Waals surface area contributed by atoms with E-state index >= 15 is 0 Å². The molecule has 0 heterocycles. The fraction of sp³-hybridized carbons (Fsp3) is 0.333. The summed E-state index contributed by atoms with van der Waals surface area (Å²) < 4.78 is 0. The van der Waals surface area contributed by atoms with Gasteiger partial charge in [0.05, 0.1) is 0 Å². The first-order valence-corrected chi connectivity index (χ1v) is 4.38. The van der Waals surface area contributed by atoms with Gasteiger partial charge >= 0.3 is 0 Å². The first-order valence-electron chi connectivity index (χ1n) is 4.38. The van der Waals surface area contributed by atoms with E-state index in [-0.39, 0.29) is 0 Å². The monoisotopic (exact) mass is 251 g/mol. The zero-order chi connectivity index (χ0) is 14.2. The van der Waals surface area contributed by atoms with E-state index in [9.17, 15) is 28.8 Å². The summed E-state index contributed by atoms with van der Waals surface area (Å²) in [5.41, 5.74) is -2.63. The normalized spacial score (nSPS) is 11.8. The number of hydrogen-bond acceptors (Lipinski definition) is 6. The molecule has 0 aromatic rings. The van der Waals surface area contributed by atoms with Crippen LogP contribution in [-0.4, -0.2) is 36.0 Å². The molecule has 0 N–H and O–H groups in total. The Kier molecular flexibility index (Phi) is 5.62. The number of nitrogens with zero attached hydrogens (tertiary/aromatic N) is 3. The summed E-state index contributed by atoms with van der Waals surface area (Å²) in [6.07, 6.45) is 2.02. The van der Waals surface area contributed by atoms with E-state index in [2.05, 4.69) is 15.0 Å². The highest BCUT2D eigenvalue weighted by atomic mass is 16.2. The lowest BCUT2D eigenvalue weighted by molar-refractivity contribution is -0.147. The zero-order valence-electron chi connectivity index (χ0n) is 9.00. The van der Waals surface area contributed by atoms with Crippen LogP contribution in [0.2, 0.25) is 0 Å². The molecule has 0 aromatic heterocycles. The Morgan fingerprint density at radius 1 is 0.833 bits per heavy atom. The predicted octanol–water partition coefficient (Wildman–Crippen LogP) is -1.03. The molecule has 0 rings (SSSR count). The van der Waals surface area contributed by atoms with Crippen LogP contribution in [0.15, 0.2) is 15.0 Å². The lowest BCUT2D eigenvalue weighted by Gasteiger charge is -2.18. The molecule has 0 fully saturated rings. The SMILES string of the molecule is CCC(C(=O)N=C=O)(C(=O)N=C=O)C(=O)N=C=O. The Hall–Kier alpha value is -2.85. The summed E-state index contributed by atoms with van der Waals surface area (Å²) in [6, 6.07) is 0. The molecule has 9 nitrogen and oxygen atoms in total. The third kappa shape index (κ3) is 2.63. The fourth-order valence-corrected chi connectivity index (χ4v) is 1.14. The summed E-state index contributed by atoms with van der Waals surface area (Å²) in [7, 11) is 0. The molecule has 0 aliphatic rings. The second-order valence-electron chi connectivity index (χ2n) is 2.78. The predicted molar refractivity (Wildman–Crippen MR) is 52.1 cm³/mol. The average Bonchev–Trinajstić information content (AvgIpc) is 2.31. The molecular weight excluding hydrogens is 246 g/mol. The van der Waals surface area contributed by atoms with Crippen molar-refractivity contribution in [1.29, 1.82) is 0 Å². The summed E-state index contributed by atoms with van der Waals surface area (Å²) in [5, 5.41) is 0. The molecule has 0 unspecified atom stereocenters. The molecule has 18 heavy (non-hydrogen) atoms. The smallest absolute Gasteiger partial charge is 0.270 e. The highest BCUT2D eigenvalue weighted by molar-refractivity contribution is 6.24. The van der Waals surface area contributed by atoms with Crippen molar-refractivity contribution in [2.24, 2.45) is 20.4 Å². The van der Waals surface area contributed by atoms with Gasteiger partial charge < -0.3 is 0 Å². The number of isocyanates is 3. The van der Waals surface area contributed by atoms with E-state index < -0.39 is 29.6 Å². The molecule has 92 valence electrons. The van der Waals surface area contributed by atoms with Gasteiger partial charge in [0.15, 0.2) is 0 Å². The summed E-state index contributed by atoms with van der Waals surface area (Å²) in [5.74, 6) is -4.56. The number of carbonyl (C=O) groups excluding carboxylic acids is 6. The second-order valence-corrected chi connectivity index (χ2v) is 2.78. The van der Waals surface area contributed by atoms with E-state index in [0.29, 0.717) is 0 Å². The molecule has 0 aliphatic carbocycles. The maximum absolute atomic E-state index is 11.5. The number of amides is 3. The minimum atomic E-state index is -2.63. The van der Waals surface area contributed by atoms with Crippen molar-refractivity contribution in [3.63, 3.8) is 0 Å². The second kappa shape index (κ2) is 6.67. The van der Waals surface area contributed by atoms with Crippen molar-refractivity contribution in [3.05, 3.63) is 0 Å². The quantitative estimate of drug-likeness (QED) is 0.355. The number of rotatable bonds is 4.